The summed E-state index contributed by atoms with van der Waals surface area (Å²) < 4.78 is 53.0. The number of hydrogen-bond donors (Lipinski definition) is 1. The van der Waals surface area contributed by atoms with Crippen LogP contribution in [-0.2, 0) is 11.2 Å². The number of alkyl halides is 1. The molecule has 0 saturated carbocycles. The Balaban J connectivity index is 3.26. The van der Waals surface area contributed by atoms with Gasteiger partial charge < -0.3 is 5.11 Å². The van der Waals surface area contributed by atoms with Crippen LogP contribution in [0.5, 0.6) is 0 Å². The lowest BCUT2D eigenvalue weighted by Gasteiger charge is -2.10. The zero-order valence-corrected chi connectivity index (χ0v) is 9.64. The number of carboxylic acid groups (broad SMARTS) is 1. The quantitative estimate of drug-likeness (QED) is 0.652. The average Bonchev–Trinajstić information content (AvgIpc) is 2.34. The lowest BCUT2D eigenvalue weighted by Crippen LogP contribution is -2.12. The molecular formula is C12H12F4O2. The fourth-order valence-corrected chi connectivity index (χ4v) is 1.55. The van der Waals surface area contributed by atoms with Gasteiger partial charge in [-0.3, -0.25) is 0 Å². The molecule has 0 aliphatic heterocycles. The molecule has 0 saturated heterocycles. The van der Waals surface area contributed by atoms with E-state index in [0.29, 0.717) is 12.8 Å². The van der Waals surface area contributed by atoms with Gasteiger partial charge in [0.2, 0.25) is 6.17 Å². The van der Waals surface area contributed by atoms with Crippen molar-refractivity contribution >= 4 is 5.97 Å². The molecule has 18 heavy (non-hydrogen) atoms. The predicted molar refractivity (Wildman–Crippen MR) is 56.4 cm³/mol. The van der Waals surface area contributed by atoms with Crippen molar-refractivity contribution in [3.05, 3.63) is 34.6 Å². The average molecular weight is 264 g/mol. The Morgan fingerprint density at radius 2 is 1.89 bits per heavy atom. The number of aliphatic carboxylic acids is 1. The molecule has 0 spiro atoms. The second-order valence-electron chi connectivity index (χ2n) is 3.87. The molecular weight excluding hydrogens is 252 g/mol. The minimum Gasteiger partial charge on any atom is -0.479 e. The van der Waals surface area contributed by atoms with Crippen LogP contribution in [0.1, 0.15) is 37.1 Å². The van der Waals surface area contributed by atoms with Gasteiger partial charge in [-0.25, -0.2) is 22.4 Å². The molecule has 0 radical (unpaired) electrons. The van der Waals surface area contributed by atoms with Gasteiger partial charge in [0, 0.05) is 5.56 Å². The van der Waals surface area contributed by atoms with Crippen molar-refractivity contribution in [2.24, 2.45) is 0 Å². The second-order valence-corrected chi connectivity index (χ2v) is 3.87. The van der Waals surface area contributed by atoms with Crippen molar-refractivity contribution in [2.45, 2.75) is 32.4 Å². The summed E-state index contributed by atoms with van der Waals surface area (Å²) in [6, 6.07) is 0.738. The van der Waals surface area contributed by atoms with E-state index in [9.17, 15) is 22.4 Å². The topological polar surface area (TPSA) is 37.3 Å². The van der Waals surface area contributed by atoms with E-state index in [2.05, 4.69) is 0 Å². The van der Waals surface area contributed by atoms with Crippen molar-refractivity contribution in [1.82, 2.24) is 0 Å². The zero-order valence-electron chi connectivity index (χ0n) is 9.64. The lowest BCUT2D eigenvalue weighted by atomic mass is 10.0. The smallest absolute Gasteiger partial charge is 0.343 e. The number of rotatable bonds is 5. The molecule has 1 aromatic carbocycles. The molecule has 0 fully saturated rings. The standard InChI is InChI=1S/C12H12F4O2/c1-2-3-4-6-5-7(10(15)12(17)18)9(14)11(16)8(6)13/h5,10H,2-4H2,1H3,(H,17,18). The Morgan fingerprint density at radius 3 is 2.39 bits per heavy atom. The summed E-state index contributed by atoms with van der Waals surface area (Å²) >= 11 is 0. The SMILES string of the molecule is CCCCc1cc(C(F)C(=O)O)c(F)c(F)c1F. The summed E-state index contributed by atoms with van der Waals surface area (Å²) in [5.74, 6) is -6.95. The maximum absolute atomic E-state index is 13.3. The number of aryl methyl sites for hydroxylation is 1. The zero-order chi connectivity index (χ0) is 13.9. The Kier molecular flexibility index (Phi) is 4.69. The number of carbonyl (C=O) groups is 1. The van der Waals surface area contributed by atoms with E-state index in [4.69, 9.17) is 5.11 Å². The highest BCUT2D eigenvalue weighted by molar-refractivity contribution is 5.74. The maximum Gasteiger partial charge on any atom is 0.343 e. The van der Waals surface area contributed by atoms with Crippen LogP contribution in [0.15, 0.2) is 6.07 Å². The van der Waals surface area contributed by atoms with Crippen LogP contribution in [0.4, 0.5) is 17.6 Å². The molecule has 1 unspecified atom stereocenters. The Hall–Kier alpha value is -1.59. The molecule has 1 rings (SSSR count). The molecule has 0 heterocycles. The predicted octanol–water partition coefficient (Wildman–Crippen LogP) is 3.54. The first-order chi connectivity index (χ1) is 8.40. The molecule has 0 amide bonds. The summed E-state index contributed by atoms with van der Waals surface area (Å²) in [7, 11) is 0. The summed E-state index contributed by atoms with van der Waals surface area (Å²) in [6.07, 6.45) is -1.42. The van der Waals surface area contributed by atoms with Crippen LogP contribution in [0.25, 0.3) is 0 Å². The first-order valence-electron chi connectivity index (χ1n) is 5.43. The van der Waals surface area contributed by atoms with Gasteiger partial charge >= 0.3 is 5.97 Å². The fourth-order valence-electron chi connectivity index (χ4n) is 1.55. The third-order valence-corrected chi connectivity index (χ3v) is 2.54. The molecule has 0 aliphatic carbocycles. The molecule has 2 nitrogen and oxygen atoms in total. The van der Waals surface area contributed by atoms with Gasteiger partial charge in [0.15, 0.2) is 17.5 Å². The van der Waals surface area contributed by atoms with Crippen molar-refractivity contribution < 1.29 is 27.5 Å². The minimum atomic E-state index is -2.71. The van der Waals surface area contributed by atoms with E-state index in [1.807, 2.05) is 6.92 Å². The minimum absolute atomic E-state index is 0.0961. The highest BCUT2D eigenvalue weighted by atomic mass is 19.2. The number of hydrogen-bond acceptors (Lipinski definition) is 1. The Bertz CT molecular complexity index is 460. The maximum atomic E-state index is 13.3. The van der Waals surface area contributed by atoms with E-state index in [-0.39, 0.29) is 12.0 Å². The third-order valence-electron chi connectivity index (χ3n) is 2.54. The van der Waals surface area contributed by atoms with Gasteiger partial charge in [-0.2, -0.15) is 0 Å². The third kappa shape index (κ3) is 2.80. The van der Waals surface area contributed by atoms with Crippen LogP contribution in [0.3, 0.4) is 0 Å². The molecule has 0 aromatic heterocycles. The van der Waals surface area contributed by atoms with Gasteiger partial charge in [0.1, 0.15) is 0 Å². The number of halogens is 4. The molecule has 1 N–H and O–H groups in total. The highest BCUT2D eigenvalue weighted by Crippen LogP contribution is 2.27. The number of benzene rings is 1. The normalized spacial score (nSPS) is 12.5. The van der Waals surface area contributed by atoms with E-state index in [1.54, 1.807) is 0 Å². The first kappa shape index (κ1) is 14.5. The van der Waals surface area contributed by atoms with Crippen LogP contribution in [0.2, 0.25) is 0 Å². The van der Waals surface area contributed by atoms with Gasteiger partial charge in [-0.1, -0.05) is 13.3 Å². The molecule has 1 aromatic rings. The van der Waals surface area contributed by atoms with Gasteiger partial charge in [-0.05, 0) is 24.5 Å². The van der Waals surface area contributed by atoms with Crippen molar-refractivity contribution in [1.29, 1.82) is 0 Å². The summed E-state index contributed by atoms with van der Waals surface area (Å²) in [5, 5.41) is 8.43. The van der Waals surface area contributed by atoms with E-state index >= 15 is 0 Å². The monoisotopic (exact) mass is 264 g/mol. The summed E-state index contributed by atoms with van der Waals surface area (Å²) in [6.45, 7) is 1.81. The molecule has 6 heteroatoms. The van der Waals surface area contributed by atoms with Crippen LogP contribution < -0.4 is 0 Å². The van der Waals surface area contributed by atoms with Crippen molar-refractivity contribution in [2.75, 3.05) is 0 Å². The highest BCUT2D eigenvalue weighted by Gasteiger charge is 2.27. The second kappa shape index (κ2) is 5.84. The van der Waals surface area contributed by atoms with Gasteiger partial charge in [-0.15, -0.1) is 0 Å². The molecule has 0 aliphatic rings. The van der Waals surface area contributed by atoms with Crippen LogP contribution in [0, 0.1) is 17.5 Å². The molecule has 0 bridgehead atoms. The summed E-state index contributed by atoms with van der Waals surface area (Å²) in [5.41, 5.74) is -1.19. The van der Waals surface area contributed by atoms with E-state index < -0.39 is 35.2 Å². The lowest BCUT2D eigenvalue weighted by molar-refractivity contribution is -0.143. The summed E-state index contributed by atoms with van der Waals surface area (Å²) in [4.78, 5) is 10.4. The van der Waals surface area contributed by atoms with Gasteiger partial charge in [0.05, 0.1) is 0 Å². The van der Waals surface area contributed by atoms with Crippen molar-refractivity contribution in [3.8, 4) is 0 Å². The van der Waals surface area contributed by atoms with Gasteiger partial charge in [0.25, 0.3) is 0 Å². The molecule has 1 atom stereocenters. The molecule has 100 valence electrons. The Labute approximate surface area is 101 Å². The number of carboxylic acids is 1. The largest absolute Gasteiger partial charge is 0.479 e. The van der Waals surface area contributed by atoms with Crippen LogP contribution >= 0.6 is 0 Å². The fraction of sp³-hybridized carbons (Fsp3) is 0.417. The van der Waals surface area contributed by atoms with Crippen molar-refractivity contribution in [3.63, 3.8) is 0 Å². The first-order valence-corrected chi connectivity index (χ1v) is 5.43. The Morgan fingerprint density at radius 1 is 1.28 bits per heavy atom. The van der Waals surface area contributed by atoms with E-state index in [1.165, 1.54) is 0 Å². The van der Waals surface area contributed by atoms with Crippen LogP contribution in [-0.4, -0.2) is 11.1 Å². The van der Waals surface area contributed by atoms with E-state index in [0.717, 1.165) is 6.07 Å². The number of unbranched alkanes of at least 4 members (excludes halogenated alkanes) is 1.